The standard InChI is InChI=1S/C25H23N3O6/c1-3-14-33-23-13-8-20(15-24(23)32-2)25(29)27-26-16-18-6-11-22(12-7-18)34-17-19-4-9-21(10-5-19)28(30)31/h3-13,15-16H,1,14,17H2,2H3,(H,27,29)/b26-16+. The van der Waals surface area contributed by atoms with Gasteiger partial charge in [-0.25, -0.2) is 5.43 Å². The zero-order valence-electron chi connectivity index (χ0n) is 18.5. The van der Waals surface area contributed by atoms with Crippen LogP contribution in [-0.4, -0.2) is 30.8 Å². The molecule has 0 saturated heterocycles. The Balaban J connectivity index is 1.52. The third kappa shape index (κ3) is 6.67. The Labute approximate surface area is 196 Å². The minimum Gasteiger partial charge on any atom is -0.493 e. The number of methoxy groups -OCH3 is 1. The maximum atomic E-state index is 12.4. The minimum atomic E-state index is -0.444. The van der Waals surface area contributed by atoms with E-state index in [9.17, 15) is 14.9 Å². The summed E-state index contributed by atoms with van der Waals surface area (Å²) in [5, 5.41) is 14.7. The summed E-state index contributed by atoms with van der Waals surface area (Å²) in [6, 6.07) is 18.1. The van der Waals surface area contributed by atoms with Gasteiger partial charge in [-0.15, -0.1) is 0 Å². The number of benzene rings is 3. The van der Waals surface area contributed by atoms with Crippen molar-refractivity contribution < 1.29 is 23.9 Å². The quantitative estimate of drug-likeness (QED) is 0.195. The topological polar surface area (TPSA) is 112 Å². The molecule has 1 N–H and O–H groups in total. The summed E-state index contributed by atoms with van der Waals surface area (Å²) in [5.41, 5.74) is 4.45. The Bertz CT molecular complexity index is 1170. The van der Waals surface area contributed by atoms with Gasteiger partial charge in [-0.1, -0.05) is 12.7 Å². The molecule has 0 unspecified atom stereocenters. The fourth-order valence-corrected chi connectivity index (χ4v) is 2.84. The number of amides is 1. The van der Waals surface area contributed by atoms with E-state index in [-0.39, 0.29) is 12.3 Å². The summed E-state index contributed by atoms with van der Waals surface area (Å²) < 4.78 is 16.4. The van der Waals surface area contributed by atoms with Crippen LogP contribution in [-0.2, 0) is 6.61 Å². The molecule has 0 bridgehead atoms. The number of nitro benzene ring substituents is 1. The number of ether oxygens (including phenoxy) is 3. The first-order valence-corrected chi connectivity index (χ1v) is 10.2. The summed E-state index contributed by atoms with van der Waals surface area (Å²) in [7, 11) is 1.50. The van der Waals surface area contributed by atoms with Crippen LogP contribution >= 0.6 is 0 Å². The van der Waals surface area contributed by atoms with Crippen LogP contribution in [0.5, 0.6) is 17.2 Å². The van der Waals surface area contributed by atoms with E-state index in [0.717, 1.165) is 11.1 Å². The number of nitrogens with one attached hydrogen (secondary N) is 1. The van der Waals surface area contributed by atoms with Gasteiger partial charge in [-0.05, 0) is 65.7 Å². The molecule has 34 heavy (non-hydrogen) atoms. The first kappa shape index (κ1) is 24.0. The Kier molecular flexibility index (Phi) is 8.34. The first-order chi connectivity index (χ1) is 16.5. The Morgan fingerprint density at radius 1 is 1.06 bits per heavy atom. The van der Waals surface area contributed by atoms with E-state index in [2.05, 4.69) is 17.1 Å². The molecule has 0 atom stereocenters. The molecule has 0 saturated carbocycles. The zero-order valence-corrected chi connectivity index (χ0v) is 18.5. The van der Waals surface area contributed by atoms with Crippen molar-refractivity contribution in [2.24, 2.45) is 5.10 Å². The molecule has 0 aliphatic carbocycles. The van der Waals surface area contributed by atoms with Crippen molar-refractivity contribution >= 4 is 17.8 Å². The SMILES string of the molecule is C=CCOc1ccc(C(=O)N/N=C/c2ccc(OCc3ccc([N+](=O)[O-])cc3)cc2)cc1OC. The molecule has 3 aromatic carbocycles. The highest BCUT2D eigenvalue weighted by atomic mass is 16.6. The van der Waals surface area contributed by atoms with E-state index in [4.69, 9.17) is 14.2 Å². The van der Waals surface area contributed by atoms with Crippen LogP contribution in [0.1, 0.15) is 21.5 Å². The average Bonchev–Trinajstić information content (AvgIpc) is 2.87. The number of nitrogens with zero attached hydrogens (tertiary/aromatic N) is 2. The molecule has 9 heteroatoms. The van der Waals surface area contributed by atoms with Crippen molar-refractivity contribution in [1.29, 1.82) is 0 Å². The van der Waals surface area contributed by atoms with Gasteiger partial charge in [0.2, 0.25) is 0 Å². The molecule has 3 aromatic rings. The highest BCUT2D eigenvalue weighted by molar-refractivity contribution is 5.95. The largest absolute Gasteiger partial charge is 0.493 e. The van der Waals surface area contributed by atoms with E-state index in [0.29, 0.717) is 29.4 Å². The zero-order chi connectivity index (χ0) is 24.3. The number of hydrogen-bond donors (Lipinski definition) is 1. The average molecular weight is 461 g/mol. The monoisotopic (exact) mass is 461 g/mol. The smallest absolute Gasteiger partial charge is 0.271 e. The van der Waals surface area contributed by atoms with E-state index in [1.54, 1.807) is 60.7 Å². The third-order valence-electron chi connectivity index (χ3n) is 4.59. The molecule has 0 aliphatic heterocycles. The molecule has 0 fully saturated rings. The number of nitro groups is 1. The van der Waals surface area contributed by atoms with Crippen LogP contribution < -0.4 is 19.6 Å². The highest BCUT2D eigenvalue weighted by Crippen LogP contribution is 2.28. The molecular weight excluding hydrogens is 438 g/mol. The van der Waals surface area contributed by atoms with Crippen molar-refractivity contribution in [1.82, 2.24) is 5.43 Å². The number of rotatable bonds is 11. The van der Waals surface area contributed by atoms with Gasteiger partial charge in [-0.2, -0.15) is 5.10 Å². The highest BCUT2D eigenvalue weighted by Gasteiger charge is 2.10. The molecular formula is C25H23N3O6. The molecule has 0 radical (unpaired) electrons. The lowest BCUT2D eigenvalue weighted by molar-refractivity contribution is -0.384. The fraction of sp³-hybridized carbons (Fsp3) is 0.120. The maximum Gasteiger partial charge on any atom is 0.271 e. The number of hydrogen-bond acceptors (Lipinski definition) is 7. The Morgan fingerprint density at radius 2 is 1.79 bits per heavy atom. The number of non-ortho nitro benzene ring substituents is 1. The summed E-state index contributed by atoms with van der Waals surface area (Å²) in [5.74, 6) is 1.18. The van der Waals surface area contributed by atoms with Gasteiger partial charge in [0, 0.05) is 17.7 Å². The van der Waals surface area contributed by atoms with Crippen molar-refractivity contribution in [2.45, 2.75) is 6.61 Å². The molecule has 0 heterocycles. The van der Waals surface area contributed by atoms with Crippen LogP contribution in [0.15, 0.2) is 84.5 Å². The van der Waals surface area contributed by atoms with Crippen molar-refractivity contribution in [3.8, 4) is 17.2 Å². The second kappa shape index (κ2) is 11.8. The molecule has 0 spiro atoms. The normalized spacial score (nSPS) is 10.5. The second-order valence-electron chi connectivity index (χ2n) is 6.95. The Hall–Kier alpha value is -4.66. The molecule has 174 valence electrons. The summed E-state index contributed by atoms with van der Waals surface area (Å²) in [4.78, 5) is 22.6. The van der Waals surface area contributed by atoms with Crippen LogP contribution in [0, 0.1) is 10.1 Å². The molecule has 3 rings (SSSR count). The van der Waals surface area contributed by atoms with Crippen LogP contribution in [0.4, 0.5) is 5.69 Å². The fourth-order valence-electron chi connectivity index (χ4n) is 2.84. The third-order valence-corrected chi connectivity index (χ3v) is 4.59. The van der Waals surface area contributed by atoms with Crippen molar-refractivity contribution in [3.05, 3.63) is 106 Å². The number of hydrazone groups is 1. The van der Waals surface area contributed by atoms with Crippen LogP contribution in [0.25, 0.3) is 0 Å². The second-order valence-corrected chi connectivity index (χ2v) is 6.95. The van der Waals surface area contributed by atoms with Gasteiger partial charge in [0.25, 0.3) is 11.6 Å². The number of carbonyl (C=O) groups is 1. The van der Waals surface area contributed by atoms with Gasteiger partial charge in [0.1, 0.15) is 19.0 Å². The van der Waals surface area contributed by atoms with Crippen molar-refractivity contribution in [3.63, 3.8) is 0 Å². The van der Waals surface area contributed by atoms with E-state index in [1.165, 1.54) is 25.5 Å². The lowest BCUT2D eigenvalue weighted by atomic mass is 10.2. The van der Waals surface area contributed by atoms with Crippen LogP contribution in [0.2, 0.25) is 0 Å². The van der Waals surface area contributed by atoms with Gasteiger partial charge in [0.05, 0.1) is 18.2 Å². The van der Waals surface area contributed by atoms with Gasteiger partial charge in [0.15, 0.2) is 11.5 Å². The lowest BCUT2D eigenvalue weighted by Crippen LogP contribution is -2.17. The van der Waals surface area contributed by atoms with E-state index in [1.807, 2.05) is 0 Å². The predicted molar refractivity (Wildman–Crippen MR) is 128 cm³/mol. The first-order valence-electron chi connectivity index (χ1n) is 10.2. The Morgan fingerprint density at radius 3 is 2.44 bits per heavy atom. The van der Waals surface area contributed by atoms with E-state index >= 15 is 0 Å². The molecule has 0 aliphatic rings. The summed E-state index contributed by atoms with van der Waals surface area (Å²) >= 11 is 0. The lowest BCUT2D eigenvalue weighted by Gasteiger charge is -2.10. The van der Waals surface area contributed by atoms with Gasteiger partial charge < -0.3 is 14.2 Å². The maximum absolute atomic E-state index is 12.4. The molecule has 0 aromatic heterocycles. The van der Waals surface area contributed by atoms with Crippen molar-refractivity contribution in [2.75, 3.05) is 13.7 Å². The number of carbonyl (C=O) groups excluding carboxylic acids is 1. The summed E-state index contributed by atoms with van der Waals surface area (Å²) in [6.07, 6.45) is 3.13. The van der Waals surface area contributed by atoms with Gasteiger partial charge in [-0.3, -0.25) is 14.9 Å². The summed E-state index contributed by atoms with van der Waals surface area (Å²) in [6.45, 7) is 4.20. The molecule has 9 nitrogen and oxygen atoms in total. The predicted octanol–water partition coefficient (Wildman–Crippen LogP) is 4.51. The minimum absolute atomic E-state index is 0.0353. The molecule has 1 amide bonds. The van der Waals surface area contributed by atoms with Gasteiger partial charge >= 0.3 is 0 Å². The van der Waals surface area contributed by atoms with E-state index < -0.39 is 10.8 Å². The van der Waals surface area contributed by atoms with Crippen LogP contribution in [0.3, 0.4) is 0 Å².